The summed E-state index contributed by atoms with van der Waals surface area (Å²) >= 11 is 6.05. The molecule has 0 aliphatic carbocycles. The van der Waals surface area contributed by atoms with E-state index in [4.69, 9.17) is 16.9 Å². The Balaban J connectivity index is 2.16. The SMILES string of the molecule is Cc1ccc2c(c1)nc(CCl)n2-c1ccc(CC#N)cc1. The number of nitrogens with zero attached hydrogens (tertiary/aromatic N) is 3. The minimum Gasteiger partial charge on any atom is -0.295 e. The van der Waals surface area contributed by atoms with E-state index >= 15 is 0 Å². The summed E-state index contributed by atoms with van der Waals surface area (Å²) in [4.78, 5) is 4.61. The van der Waals surface area contributed by atoms with Crippen molar-refractivity contribution >= 4 is 22.6 Å². The summed E-state index contributed by atoms with van der Waals surface area (Å²) in [6.07, 6.45) is 0.423. The van der Waals surface area contributed by atoms with Crippen LogP contribution in [0.15, 0.2) is 42.5 Å². The third-order valence-electron chi connectivity index (χ3n) is 3.48. The lowest BCUT2D eigenvalue weighted by molar-refractivity contribution is 0.980. The van der Waals surface area contributed by atoms with Crippen LogP contribution in [0.4, 0.5) is 0 Å². The third kappa shape index (κ3) is 2.51. The predicted molar refractivity (Wildman–Crippen MR) is 84.7 cm³/mol. The van der Waals surface area contributed by atoms with Crippen LogP contribution < -0.4 is 0 Å². The Morgan fingerprint density at radius 1 is 1.19 bits per heavy atom. The van der Waals surface area contributed by atoms with Crippen LogP contribution in [0.3, 0.4) is 0 Å². The van der Waals surface area contributed by atoms with Crippen molar-refractivity contribution in [2.24, 2.45) is 0 Å². The average Bonchev–Trinajstić information content (AvgIpc) is 2.86. The van der Waals surface area contributed by atoms with Crippen molar-refractivity contribution in [2.75, 3.05) is 0 Å². The Labute approximate surface area is 128 Å². The molecule has 3 nitrogen and oxygen atoms in total. The van der Waals surface area contributed by atoms with Crippen LogP contribution in [-0.2, 0) is 12.3 Å². The van der Waals surface area contributed by atoms with Crippen molar-refractivity contribution in [3.8, 4) is 11.8 Å². The zero-order valence-corrected chi connectivity index (χ0v) is 12.4. The molecular weight excluding hydrogens is 282 g/mol. The van der Waals surface area contributed by atoms with Crippen LogP contribution in [0.25, 0.3) is 16.7 Å². The van der Waals surface area contributed by atoms with Gasteiger partial charge >= 0.3 is 0 Å². The maximum atomic E-state index is 8.74. The first-order chi connectivity index (χ1) is 10.2. The summed E-state index contributed by atoms with van der Waals surface area (Å²) in [6.45, 7) is 2.05. The van der Waals surface area contributed by atoms with Crippen molar-refractivity contribution in [3.05, 3.63) is 59.4 Å². The number of rotatable bonds is 3. The van der Waals surface area contributed by atoms with E-state index in [9.17, 15) is 0 Å². The van der Waals surface area contributed by atoms with Gasteiger partial charge in [0.1, 0.15) is 5.82 Å². The molecule has 21 heavy (non-hydrogen) atoms. The predicted octanol–water partition coefficient (Wildman–Crippen LogP) is 4.14. The highest BCUT2D eigenvalue weighted by Gasteiger charge is 2.11. The lowest BCUT2D eigenvalue weighted by Crippen LogP contribution is -1.99. The standard InChI is InChI=1S/C17H14ClN3/c1-12-2-7-16-15(10-12)20-17(11-18)21(16)14-5-3-13(4-6-14)8-9-19/h2-7,10H,8,11H2,1H3. The number of aryl methyl sites for hydroxylation is 1. The molecule has 0 aliphatic heterocycles. The number of hydrogen-bond acceptors (Lipinski definition) is 2. The molecule has 0 radical (unpaired) electrons. The molecule has 1 heterocycles. The van der Waals surface area contributed by atoms with Crippen LogP contribution in [0, 0.1) is 18.3 Å². The van der Waals surface area contributed by atoms with Gasteiger partial charge in [-0.05, 0) is 42.3 Å². The largest absolute Gasteiger partial charge is 0.295 e. The van der Waals surface area contributed by atoms with Crippen molar-refractivity contribution < 1.29 is 0 Å². The molecule has 2 aromatic carbocycles. The number of imidazole rings is 1. The van der Waals surface area contributed by atoms with E-state index in [1.807, 2.05) is 24.3 Å². The van der Waals surface area contributed by atoms with Gasteiger partial charge in [0.25, 0.3) is 0 Å². The maximum Gasteiger partial charge on any atom is 0.129 e. The number of aromatic nitrogens is 2. The summed E-state index contributed by atoms with van der Waals surface area (Å²) in [6, 6.07) is 16.3. The average molecular weight is 296 g/mol. The minimum atomic E-state index is 0.355. The van der Waals surface area contributed by atoms with E-state index < -0.39 is 0 Å². The Kier molecular flexibility index (Phi) is 3.64. The number of nitriles is 1. The van der Waals surface area contributed by atoms with Crippen molar-refractivity contribution in [1.82, 2.24) is 9.55 Å². The first kappa shape index (κ1) is 13.7. The summed E-state index contributed by atoms with van der Waals surface area (Å²) in [7, 11) is 0. The summed E-state index contributed by atoms with van der Waals surface area (Å²) in [5.74, 6) is 1.18. The summed E-state index contributed by atoms with van der Waals surface area (Å²) in [5.41, 5.74) is 5.20. The number of alkyl halides is 1. The lowest BCUT2D eigenvalue weighted by atomic mass is 10.1. The van der Waals surface area contributed by atoms with Gasteiger partial charge in [0.2, 0.25) is 0 Å². The monoisotopic (exact) mass is 295 g/mol. The van der Waals surface area contributed by atoms with Crippen molar-refractivity contribution in [3.63, 3.8) is 0 Å². The Morgan fingerprint density at radius 3 is 2.62 bits per heavy atom. The van der Waals surface area contributed by atoms with E-state index in [2.05, 4.69) is 40.7 Å². The van der Waals surface area contributed by atoms with Crippen LogP contribution in [0.2, 0.25) is 0 Å². The highest BCUT2D eigenvalue weighted by molar-refractivity contribution is 6.17. The van der Waals surface area contributed by atoms with Crippen LogP contribution in [0.5, 0.6) is 0 Å². The molecule has 0 amide bonds. The zero-order chi connectivity index (χ0) is 14.8. The van der Waals surface area contributed by atoms with Gasteiger partial charge < -0.3 is 0 Å². The fourth-order valence-electron chi connectivity index (χ4n) is 2.47. The molecule has 0 bridgehead atoms. The molecule has 3 rings (SSSR count). The number of benzene rings is 2. The van der Waals surface area contributed by atoms with Crippen molar-refractivity contribution in [2.45, 2.75) is 19.2 Å². The molecule has 0 saturated carbocycles. The lowest BCUT2D eigenvalue weighted by Gasteiger charge is -2.08. The second-order valence-corrected chi connectivity index (χ2v) is 5.26. The van der Waals surface area contributed by atoms with Crippen LogP contribution in [-0.4, -0.2) is 9.55 Å². The van der Waals surface area contributed by atoms with E-state index in [0.717, 1.165) is 28.1 Å². The summed E-state index contributed by atoms with van der Waals surface area (Å²) < 4.78 is 2.07. The van der Waals surface area contributed by atoms with Gasteiger partial charge in [0, 0.05) is 5.69 Å². The van der Waals surface area contributed by atoms with Gasteiger partial charge in [-0.25, -0.2) is 4.98 Å². The molecule has 4 heteroatoms. The topological polar surface area (TPSA) is 41.6 Å². The molecule has 0 saturated heterocycles. The van der Waals surface area contributed by atoms with Gasteiger partial charge in [0.05, 0.1) is 29.4 Å². The quantitative estimate of drug-likeness (QED) is 0.682. The molecule has 0 fully saturated rings. The normalized spacial score (nSPS) is 10.7. The van der Waals surface area contributed by atoms with E-state index in [-0.39, 0.29) is 0 Å². The molecule has 0 unspecified atom stereocenters. The van der Waals surface area contributed by atoms with Gasteiger partial charge in [-0.3, -0.25) is 4.57 Å². The van der Waals surface area contributed by atoms with Gasteiger partial charge in [-0.1, -0.05) is 18.2 Å². The maximum absolute atomic E-state index is 8.74. The second kappa shape index (κ2) is 5.59. The van der Waals surface area contributed by atoms with Gasteiger partial charge in [0.15, 0.2) is 0 Å². The Bertz CT molecular complexity index is 826. The van der Waals surface area contributed by atoms with E-state index in [1.54, 1.807) is 0 Å². The Morgan fingerprint density at radius 2 is 1.95 bits per heavy atom. The minimum absolute atomic E-state index is 0.355. The molecule has 0 atom stereocenters. The smallest absolute Gasteiger partial charge is 0.129 e. The molecule has 0 spiro atoms. The molecular formula is C17H14ClN3. The Hall–Kier alpha value is -2.31. The first-order valence-corrected chi connectivity index (χ1v) is 7.26. The van der Waals surface area contributed by atoms with E-state index in [0.29, 0.717) is 12.3 Å². The third-order valence-corrected chi connectivity index (χ3v) is 3.72. The second-order valence-electron chi connectivity index (χ2n) is 4.99. The zero-order valence-electron chi connectivity index (χ0n) is 11.7. The molecule has 0 aliphatic rings. The van der Waals surface area contributed by atoms with Gasteiger partial charge in [-0.15, -0.1) is 11.6 Å². The summed E-state index contributed by atoms with van der Waals surface area (Å²) in [5, 5.41) is 8.74. The molecule has 104 valence electrons. The van der Waals surface area contributed by atoms with Crippen LogP contribution in [0.1, 0.15) is 17.0 Å². The number of halogens is 1. The molecule has 0 N–H and O–H groups in total. The van der Waals surface area contributed by atoms with Crippen LogP contribution >= 0.6 is 11.6 Å². The number of hydrogen-bond donors (Lipinski definition) is 0. The number of fused-ring (bicyclic) bond motifs is 1. The molecule has 3 aromatic rings. The fourth-order valence-corrected chi connectivity index (χ4v) is 2.65. The molecule has 1 aromatic heterocycles. The highest BCUT2D eigenvalue weighted by Crippen LogP contribution is 2.24. The van der Waals surface area contributed by atoms with Gasteiger partial charge in [-0.2, -0.15) is 5.26 Å². The highest BCUT2D eigenvalue weighted by atomic mass is 35.5. The van der Waals surface area contributed by atoms with E-state index in [1.165, 1.54) is 5.56 Å². The first-order valence-electron chi connectivity index (χ1n) is 6.73. The van der Waals surface area contributed by atoms with Crippen molar-refractivity contribution in [1.29, 1.82) is 5.26 Å². The fraction of sp³-hybridized carbons (Fsp3) is 0.176.